The average Bonchev–Trinajstić information content (AvgIpc) is 3.11. The molecule has 3 aromatic carbocycles. The summed E-state index contributed by atoms with van der Waals surface area (Å²) in [5.74, 6) is -0.863. The Labute approximate surface area is 229 Å². The summed E-state index contributed by atoms with van der Waals surface area (Å²) in [6.07, 6.45) is 1.53. The molecular weight excluding hydrogens is 587 g/mol. The number of halogens is 3. The van der Waals surface area contributed by atoms with Crippen LogP contribution in [0.4, 0.5) is 14.9 Å². The molecule has 1 fully saturated rings. The number of ether oxygens (including phenoxy) is 2. The number of carbonyl (C=O) groups excluding carboxylic acids is 3. The van der Waals surface area contributed by atoms with Crippen molar-refractivity contribution in [3.05, 3.63) is 92.0 Å². The highest BCUT2D eigenvalue weighted by Crippen LogP contribution is 2.39. The van der Waals surface area contributed by atoms with Gasteiger partial charge in [-0.2, -0.15) is 0 Å². The number of imide groups is 1. The van der Waals surface area contributed by atoms with Gasteiger partial charge >= 0.3 is 0 Å². The largest absolute Gasteiger partial charge is 0.493 e. The summed E-state index contributed by atoms with van der Waals surface area (Å²) in [4.78, 5) is 38.6. The van der Waals surface area contributed by atoms with Crippen molar-refractivity contribution in [2.24, 2.45) is 0 Å². The van der Waals surface area contributed by atoms with E-state index in [9.17, 15) is 18.8 Å². The van der Waals surface area contributed by atoms with Gasteiger partial charge in [-0.25, -0.2) is 4.39 Å². The van der Waals surface area contributed by atoms with Crippen LogP contribution in [0.1, 0.15) is 11.1 Å². The Morgan fingerprint density at radius 3 is 2.62 bits per heavy atom. The second-order valence-corrected chi connectivity index (χ2v) is 10.1. The Morgan fingerprint density at radius 2 is 1.92 bits per heavy atom. The molecule has 3 amide bonds. The quantitative estimate of drug-likeness (QED) is 0.295. The Morgan fingerprint density at radius 1 is 1.16 bits per heavy atom. The number of hydrogen-bond donors (Lipinski definition) is 1. The average molecular weight is 606 g/mol. The minimum atomic E-state index is -0.624. The maximum absolute atomic E-state index is 13.3. The molecule has 0 bridgehead atoms. The molecule has 1 heterocycles. The minimum Gasteiger partial charge on any atom is -0.493 e. The van der Waals surface area contributed by atoms with Crippen LogP contribution in [-0.2, 0) is 16.2 Å². The molecule has 190 valence electrons. The maximum Gasteiger partial charge on any atom is 0.294 e. The second-order valence-electron chi connectivity index (χ2n) is 7.78. The third-order valence-corrected chi connectivity index (χ3v) is 6.88. The van der Waals surface area contributed by atoms with E-state index >= 15 is 0 Å². The van der Waals surface area contributed by atoms with Crippen molar-refractivity contribution >= 4 is 68.1 Å². The van der Waals surface area contributed by atoms with Crippen molar-refractivity contribution in [1.29, 1.82) is 0 Å². The lowest BCUT2D eigenvalue weighted by Crippen LogP contribution is -2.36. The van der Waals surface area contributed by atoms with Crippen LogP contribution in [0.2, 0.25) is 5.02 Å². The van der Waals surface area contributed by atoms with Crippen molar-refractivity contribution < 1.29 is 28.2 Å². The van der Waals surface area contributed by atoms with E-state index < -0.39 is 29.4 Å². The molecule has 7 nitrogen and oxygen atoms in total. The number of anilines is 1. The van der Waals surface area contributed by atoms with Gasteiger partial charge in [0.05, 0.1) is 16.5 Å². The number of benzene rings is 3. The van der Waals surface area contributed by atoms with Gasteiger partial charge in [0.25, 0.3) is 11.1 Å². The highest BCUT2D eigenvalue weighted by atomic mass is 79.9. The van der Waals surface area contributed by atoms with Crippen molar-refractivity contribution in [3.8, 4) is 11.5 Å². The van der Waals surface area contributed by atoms with Crippen molar-refractivity contribution in [2.45, 2.75) is 6.61 Å². The van der Waals surface area contributed by atoms with Gasteiger partial charge in [-0.1, -0.05) is 29.8 Å². The molecule has 1 aliphatic heterocycles. The number of hydrogen-bond acceptors (Lipinski definition) is 6. The van der Waals surface area contributed by atoms with Crippen molar-refractivity contribution in [1.82, 2.24) is 4.90 Å². The van der Waals surface area contributed by atoms with Gasteiger partial charge in [-0.05, 0) is 87.4 Å². The Kier molecular flexibility index (Phi) is 8.52. The normalized spacial score (nSPS) is 14.3. The zero-order valence-electron chi connectivity index (χ0n) is 19.3. The molecule has 11 heteroatoms. The predicted octanol–water partition coefficient (Wildman–Crippen LogP) is 6.50. The van der Waals surface area contributed by atoms with Gasteiger partial charge in [0.2, 0.25) is 5.91 Å². The first-order chi connectivity index (χ1) is 17.7. The molecule has 0 radical (unpaired) electrons. The number of nitrogens with one attached hydrogen (secondary N) is 1. The van der Waals surface area contributed by atoms with Gasteiger partial charge in [0.1, 0.15) is 19.0 Å². The van der Waals surface area contributed by atoms with E-state index in [0.717, 1.165) is 28.3 Å². The van der Waals surface area contributed by atoms with E-state index in [1.165, 1.54) is 31.4 Å². The zero-order valence-corrected chi connectivity index (χ0v) is 22.5. The van der Waals surface area contributed by atoms with Crippen LogP contribution >= 0.6 is 39.3 Å². The fourth-order valence-corrected chi connectivity index (χ4v) is 4.94. The molecule has 3 aromatic rings. The first kappa shape index (κ1) is 26.7. The molecule has 0 spiro atoms. The number of carbonyl (C=O) groups is 3. The topological polar surface area (TPSA) is 84.9 Å². The van der Waals surface area contributed by atoms with Crippen LogP contribution in [0.25, 0.3) is 6.08 Å². The summed E-state index contributed by atoms with van der Waals surface area (Å²) in [7, 11) is 1.49. The fraction of sp³-hybridized carbons (Fsp3) is 0.115. The van der Waals surface area contributed by atoms with Crippen LogP contribution in [0.15, 0.2) is 70.0 Å². The molecule has 1 saturated heterocycles. The lowest BCUT2D eigenvalue weighted by molar-refractivity contribution is -0.127. The molecule has 0 atom stereocenters. The van der Waals surface area contributed by atoms with E-state index in [0.29, 0.717) is 26.6 Å². The Hall–Kier alpha value is -3.34. The summed E-state index contributed by atoms with van der Waals surface area (Å²) >= 11 is 10.1. The predicted molar refractivity (Wildman–Crippen MR) is 144 cm³/mol. The van der Waals surface area contributed by atoms with Crippen molar-refractivity contribution in [2.75, 3.05) is 19.0 Å². The van der Waals surface area contributed by atoms with Gasteiger partial charge in [-0.3, -0.25) is 19.3 Å². The van der Waals surface area contributed by atoms with E-state index in [1.807, 2.05) is 12.1 Å². The summed E-state index contributed by atoms with van der Waals surface area (Å²) in [6, 6.07) is 16.0. The Bertz CT molecular complexity index is 1400. The number of amides is 3. The van der Waals surface area contributed by atoms with E-state index in [1.54, 1.807) is 24.3 Å². The summed E-state index contributed by atoms with van der Waals surface area (Å²) in [6.45, 7) is -0.217. The molecule has 0 unspecified atom stereocenters. The molecule has 0 saturated carbocycles. The highest BCUT2D eigenvalue weighted by Gasteiger charge is 2.36. The number of thioether (sulfide) groups is 1. The third kappa shape index (κ3) is 6.71. The van der Waals surface area contributed by atoms with Crippen molar-refractivity contribution in [3.63, 3.8) is 0 Å². The number of methoxy groups -OCH3 is 1. The molecule has 1 aliphatic rings. The molecule has 37 heavy (non-hydrogen) atoms. The number of rotatable bonds is 8. The first-order valence-corrected chi connectivity index (χ1v) is 12.8. The lowest BCUT2D eigenvalue weighted by Gasteiger charge is -2.14. The minimum absolute atomic E-state index is 0.146. The Balaban J connectivity index is 1.46. The first-order valence-electron chi connectivity index (χ1n) is 10.8. The van der Waals surface area contributed by atoms with Gasteiger partial charge in [0, 0.05) is 10.7 Å². The molecular formula is C26H19BrClFN2O5S. The van der Waals surface area contributed by atoms with E-state index in [2.05, 4.69) is 21.2 Å². The molecule has 0 aromatic heterocycles. The standard InChI is InChI=1S/C26H19BrClFN2O5S/c1-35-21-10-16(9-20(27)24(21)36-14-15-5-7-17(28)8-6-15)11-22-25(33)31(26(34)37-22)13-23(32)30-19-4-2-3-18(29)12-19/h2-12H,13-14H2,1H3,(H,30,32)/b22-11+. The van der Waals surface area contributed by atoms with E-state index in [-0.39, 0.29) is 17.2 Å². The third-order valence-electron chi connectivity index (χ3n) is 5.13. The SMILES string of the molecule is COc1cc(/C=C2/SC(=O)N(CC(=O)Nc3cccc(F)c3)C2=O)cc(Br)c1OCc1ccc(Cl)cc1. The monoisotopic (exact) mass is 604 g/mol. The summed E-state index contributed by atoms with van der Waals surface area (Å²) in [5, 5.41) is 2.52. The molecule has 1 N–H and O–H groups in total. The number of nitrogens with zero attached hydrogens (tertiary/aromatic N) is 1. The van der Waals surface area contributed by atoms with E-state index in [4.69, 9.17) is 21.1 Å². The lowest BCUT2D eigenvalue weighted by atomic mass is 10.1. The summed E-state index contributed by atoms with van der Waals surface area (Å²) < 4.78 is 25.3. The van der Waals surface area contributed by atoms with Gasteiger partial charge in [0.15, 0.2) is 11.5 Å². The van der Waals surface area contributed by atoms with Gasteiger partial charge < -0.3 is 14.8 Å². The highest BCUT2D eigenvalue weighted by molar-refractivity contribution is 9.10. The fourth-order valence-electron chi connectivity index (χ4n) is 3.40. The van der Waals surface area contributed by atoms with Crippen LogP contribution < -0.4 is 14.8 Å². The van der Waals surface area contributed by atoms with Crippen LogP contribution in [0.3, 0.4) is 0 Å². The maximum atomic E-state index is 13.3. The van der Waals surface area contributed by atoms with Crippen LogP contribution in [0.5, 0.6) is 11.5 Å². The smallest absolute Gasteiger partial charge is 0.294 e. The summed E-state index contributed by atoms with van der Waals surface area (Å²) in [5.41, 5.74) is 1.72. The second kappa shape index (κ2) is 11.8. The molecule has 4 rings (SSSR count). The van der Waals surface area contributed by atoms with Crippen LogP contribution in [-0.4, -0.2) is 35.6 Å². The van der Waals surface area contributed by atoms with Crippen LogP contribution in [0, 0.1) is 5.82 Å². The molecule has 0 aliphatic carbocycles. The zero-order chi connectivity index (χ0) is 26.5. The van der Waals surface area contributed by atoms with Gasteiger partial charge in [-0.15, -0.1) is 0 Å².